The van der Waals surface area contributed by atoms with Crippen LogP contribution in [0, 0.1) is 0 Å². The Morgan fingerprint density at radius 1 is 0.958 bits per heavy atom. The molecule has 0 atom stereocenters. The molecule has 2 aromatic rings. The van der Waals surface area contributed by atoms with Crippen LogP contribution in [-0.2, 0) is 16.4 Å². The first-order valence-electron chi connectivity index (χ1n) is 8.38. The maximum absolute atomic E-state index is 12.3. The standard InChI is InChI=1S/C19H25NO3S/c1-2-3-16-23-18-11-13-19(14-12-18)24(21,22)20-15-7-10-17-8-5-4-6-9-17/h4-6,8-9,11-14,20H,2-3,7,10,15-16H2,1H3. The second kappa shape index (κ2) is 9.45. The molecule has 0 aliphatic rings. The summed E-state index contributed by atoms with van der Waals surface area (Å²) in [5.74, 6) is 0.700. The first-order valence-corrected chi connectivity index (χ1v) is 9.86. The molecule has 0 saturated heterocycles. The van der Waals surface area contributed by atoms with E-state index >= 15 is 0 Å². The monoisotopic (exact) mass is 347 g/mol. The Morgan fingerprint density at radius 3 is 2.33 bits per heavy atom. The third-order valence-corrected chi connectivity index (χ3v) is 5.15. The van der Waals surface area contributed by atoms with E-state index in [-0.39, 0.29) is 4.90 Å². The molecule has 0 heterocycles. The molecule has 5 heteroatoms. The lowest BCUT2D eigenvalue weighted by Crippen LogP contribution is -2.25. The predicted octanol–water partition coefficient (Wildman–Crippen LogP) is 3.78. The van der Waals surface area contributed by atoms with Gasteiger partial charge in [0, 0.05) is 6.54 Å². The van der Waals surface area contributed by atoms with Gasteiger partial charge < -0.3 is 4.74 Å². The average molecular weight is 347 g/mol. The second-order valence-corrected chi connectivity index (χ2v) is 7.43. The van der Waals surface area contributed by atoms with E-state index in [0.717, 1.165) is 25.7 Å². The molecule has 0 fully saturated rings. The number of ether oxygens (including phenoxy) is 1. The molecule has 0 unspecified atom stereocenters. The molecule has 0 aliphatic heterocycles. The first-order chi connectivity index (χ1) is 11.6. The minimum Gasteiger partial charge on any atom is -0.494 e. The van der Waals surface area contributed by atoms with Crippen LogP contribution in [0.1, 0.15) is 31.7 Å². The van der Waals surface area contributed by atoms with Crippen LogP contribution < -0.4 is 9.46 Å². The lowest BCUT2D eigenvalue weighted by atomic mass is 10.1. The summed E-state index contributed by atoms with van der Waals surface area (Å²) in [6.07, 6.45) is 3.68. The molecule has 1 N–H and O–H groups in total. The lowest BCUT2D eigenvalue weighted by molar-refractivity contribution is 0.309. The minimum atomic E-state index is -3.46. The zero-order chi connectivity index (χ0) is 17.3. The average Bonchev–Trinajstić information content (AvgIpc) is 2.60. The Kier molecular flexibility index (Phi) is 7.28. The Hall–Kier alpha value is -1.85. The number of hydrogen-bond donors (Lipinski definition) is 1. The van der Waals surface area contributed by atoms with Gasteiger partial charge >= 0.3 is 0 Å². The van der Waals surface area contributed by atoms with Crippen LogP contribution in [0.3, 0.4) is 0 Å². The van der Waals surface area contributed by atoms with Gasteiger partial charge in [-0.2, -0.15) is 0 Å². The van der Waals surface area contributed by atoms with Gasteiger partial charge in [-0.1, -0.05) is 43.7 Å². The van der Waals surface area contributed by atoms with Crippen LogP contribution in [0.15, 0.2) is 59.5 Å². The van der Waals surface area contributed by atoms with Gasteiger partial charge in [-0.25, -0.2) is 13.1 Å². The van der Waals surface area contributed by atoms with Crippen LogP contribution >= 0.6 is 0 Å². The van der Waals surface area contributed by atoms with Gasteiger partial charge in [0.2, 0.25) is 10.0 Å². The molecule has 4 nitrogen and oxygen atoms in total. The normalized spacial score (nSPS) is 11.4. The molecule has 130 valence electrons. The Morgan fingerprint density at radius 2 is 1.67 bits per heavy atom. The molecule has 2 rings (SSSR count). The van der Waals surface area contributed by atoms with E-state index in [0.29, 0.717) is 18.9 Å². The third kappa shape index (κ3) is 5.98. The summed E-state index contributed by atoms with van der Waals surface area (Å²) in [5.41, 5.74) is 1.21. The van der Waals surface area contributed by atoms with Crippen molar-refractivity contribution >= 4 is 10.0 Å². The Labute approximate surface area is 144 Å². The van der Waals surface area contributed by atoms with E-state index in [9.17, 15) is 8.42 Å². The number of unbranched alkanes of at least 4 members (excludes halogenated alkanes) is 1. The van der Waals surface area contributed by atoms with Gasteiger partial charge in [-0.15, -0.1) is 0 Å². The molecule has 0 bridgehead atoms. The molecule has 0 radical (unpaired) electrons. The van der Waals surface area contributed by atoms with E-state index < -0.39 is 10.0 Å². The van der Waals surface area contributed by atoms with E-state index in [1.54, 1.807) is 24.3 Å². The molecule has 0 aliphatic carbocycles. The van der Waals surface area contributed by atoms with Crippen LogP contribution in [0.4, 0.5) is 0 Å². The number of aryl methyl sites for hydroxylation is 1. The highest BCUT2D eigenvalue weighted by molar-refractivity contribution is 7.89. The van der Waals surface area contributed by atoms with Crippen molar-refractivity contribution in [3.63, 3.8) is 0 Å². The molecule has 0 aromatic heterocycles. The molecule has 0 amide bonds. The van der Waals surface area contributed by atoms with E-state index in [4.69, 9.17) is 4.74 Å². The fourth-order valence-electron chi connectivity index (χ4n) is 2.28. The first kappa shape index (κ1) is 18.5. The fourth-order valence-corrected chi connectivity index (χ4v) is 3.35. The van der Waals surface area contributed by atoms with E-state index in [2.05, 4.69) is 11.6 Å². The van der Waals surface area contributed by atoms with Crippen molar-refractivity contribution in [1.29, 1.82) is 0 Å². The summed E-state index contributed by atoms with van der Waals surface area (Å²) in [4.78, 5) is 0.269. The zero-order valence-corrected chi connectivity index (χ0v) is 14.9. The Balaban J connectivity index is 1.81. The SMILES string of the molecule is CCCCOc1ccc(S(=O)(=O)NCCCc2ccccc2)cc1. The van der Waals surface area contributed by atoms with Crippen LogP contribution in [0.2, 0.25) is 0 Å². The van der Waals surface area contributed by atoms with E-state index in [1.807, 2.05) is 30.3 Å². The van der Waals surface area contributed by atoms with E-state index in [1.165, 1.54) is 5.56 Å². The molecule has 2 aromatic carbocycles. The largest absolute Gasteiger partial charge is 0.494 e. The number of rotatable bonds is 10. The van der Waals surface area contributed by atoms with Crippen molar-refractivity contribution in [1.82, 2.24) is 4.72 Å². The molecule has 0 spiro atoms. The van der Waals surface area contributed by atoms with Crippen LogP contribution in [0.25, 0.3) is 0 Å². The van der Waals surface area contributed by atoms with Crippen molar-refractivity contribution < 1.29 is 13.2 Å². The summed E-state index contributed by atoms with van der Waals surface area (Å²) >= 11 is 0. The molecular formula is C19H25NO3S. The predicted molar refractivity (Wildman–Crippen MR) is 96.8 cm³/mol. The number of sulfonamides is 1. The van der Waals surface area contributed by atoms with Crippen molar-refractivity contribution in [2.75, 3.05) is 13.2 Å². The second-order valence-electron chi connectivity index (χ2n) is 5.66. The quantitative estimate of drug-likeness (QED) is 0.666. The number of hydrogen-bond acceptors (Lipinski definition) is 3. The minimum absolute atomic E-state index is 0.269. The van der Waals surface area contributed by atoms with Gasteiger partial charge in [-0.3, -0.25) is 0 Å². The van der Waals surface area contributed by atoms with Crippen molar-refractivity contribution in [3.8, 4) is 5.75 Å². The van der Waals surface area contributed by atoms with Gasteiger partial charge in [-0.05, 0) is 49.1 Å². The number of benzene rings is 2. The summed E-state index contributed by atoms with van der Waals surface area (Å²) in [5, 5.41) is 0. The number of nitrogens with one attached hydrogen (secondary N) is 1. The summed E-state index contributed by atoms with van der Waals surface area (Å²) in [7, 11) is -3.46. The summed E-state index contributed by atoms with van der Waals surface area (Å²) in [6.45, 7) is 3.18. The van der Waals surface area contributed by atoms with Crippen molar-refractivity contribution in [3.05, 3.63) is 60.2 Å². The maximum Gasteiger partial charge on any atom is 0.240 e. The summed E-state index contributed by atoms with van der Waals surface area (Å²) < 4.78 is 32.7. The van der Waals surface area contributed by atoms with Gasteiger partial charge in [0.25, 0.3) is 0 Å². The molecule has 0 saturated carbocycles. The third-order valence-electron chi connectivity index (χ3n) is 3.68. The smallest absolute Gasteiger partial charge is 0.240 e. The molecular weight excluding hydrogens is 322 g/mol. The summed E-state index contributed by atoms with van der Waals surface area (Å²) in [6, 6.07) is 16.6. The van der Waals surface area contributed by atoms with Crippen molar-refractivity contribution in [2.45, 2.75) is 37.5 Å². The highest BCUT2D eigenvalue weighted by Crippen LogP contribution is 2.16. The van der Waals surface area contributed by atoms with Crippen LogP contribution in [-0.4, -0.2) is 21.6 Å². The highest BCUT2D eigenvalue weighted by atomic mass is 32.2. The van der Waals surface area contributed by atoms with Gasteiger partial charge in [0.1, 0.15) is 5.75 Å². The van der Waals surface area contributed by atoms with Gasteiger partial charge in [0.15, 0.2) is 0 Å². The highest BCUT2D eigenvalue weighted by Gasteiger charge is 2.13. The fraction of sp³-hybridized carbons (Fsp3) is 0.368. The zero-order valence-electron chi connectivity index (χ0n) is 14.1. The molecule has 24 heavy (non-hydrogen) atoms. The maximum atomic E-state index is 12.3. The van der Waals surface area contributed by atoms with Crippen LogP contribution in [0.5, 0.6) is 5.75 Å². The Bertz CT molecular complexity index is 697. The van der Waals surface area contributed by atoms with Gasteiger partial charge in [0.05, 0.1) is 11.5 Å². The van der Waals surface area contributed by atoms with Crippen molar-refractivity contribution in [2.24, 2.45) is 0 Å². The lowest BCUT2D eigenvalue weighted by Gasteiger charge is -2.09. The topological polar surface area (TPSA) is 55.4 Å².